The van der Waals surface area contributed by atoms with Gasteiger partial charge in [0.25, 0.3) is 5.91 Å². The van der Waals surface area contributed by atoms with Crippen LogP contribution in [0.5, 0.6) is 17.2 Å². The highest BCUT2D eigenvalue weighted by atomic mass is 16.5. The highest BCUT2D eigenvalue weighted by Crippen LogP contribution is 2.35. The first-order chi connectivity index (χ1) is 13.3. The Bertz CT molecular complexity index is 797. The number of benzene rings is 2. The highest BCUT2D eigenvalue weighted by molar-refractivity contribution is 5.98. The largest absolute Gasteiger partial charge is 0.496 e. The maximum Gasteiger partial charge on any atom is 0.255 e. The molecule has 1 unspecified atom stereocenters. The molecule has 0 spiro atoms. The molecule has 0 aliphatic carbocycles. The molecule has 1 amide bonds. The lowest BCUT2D eigenvalue weighted by Gasteiger charge is -2.24. The van der Waals surface area contributed by atoms with Crippen molar-refractivity contribution in [3.8, 4) is 17.2 Å². The minimum Gasteiger partial charge on any atom is -0.496 e. The van der Waals surface area contributed by atoms with E-state index in [1.807, 2.05) is 0 Å². The number of amides is 1. The maximum atomic E-state index is 13.1. The van der Waals surface area contributed by atoms with E-state index in [1.54, 1.807) is 26.4 Å². The molecule has 0 aliphatic rings. The van der Waals surface area contributed by atoms with E-state index in [4.69, 9.17) is 14.2 Å². The molecule has 0 fully saturated rings. The average Bonchev–Trinajstić information content (AvgIpc) is 2.70. The number of ether oxygens (including phenoxy) is 3. The Kier molecular flexibility index (Phi) is 7.32. The normalized spacial score (nSPS) is 12.0. The van der Waals surface area contributed by atoms with Crippen LogP contribution in [-0.2, 0) is 0 Å². The summed E-state index contributed by atoms with van der Waals surface area (Å²) in [5.41, 5.74) is 2.76. The molecule has 2 aromatic carbocycles. The maximum absolute atomic E-state index is 13.1. The first-order valence-corrected chi connectivity index (χ1v) is 9.53. The molecule has 2 aromatic rings. The number of hydrogen-bond acceptors (Lipinski definition) is 4. The molecule has 5 heteroatoms. The van der Waals surface area contributed by atoms with Crippen molar-refractivity contribution in [3.05, 3.63) is 53.1 Å². The monoisotopic (exact) mass is 385 g/mol. The molecule has 0 aliphatic heterocycles. The Hall–Kier alpha value is -2.69. The number of carbonyl (C=O) groups is 1. The number of hydrogen-bond donors (Lipinski definition) is 1. The molecular weight excluding hydrogens is 354 g/mol. The lowest BCUT2D eigenvalue weighted by molar-refractivity contribution is 0.0922. The van der Waals surface area contributed by atoms with Crippen molar-refractivity contribution in [3.63, 3.8) is 0 Å². The van der Waals surface area contributed by atoms with Gasteiger partial charge >= 0.3 is 0 Å². The Labute approximate surface area is 168 Å². The Morgan fingerprint density at radius 3 is 1.75 bits per heavy atom. The van der Waals surface area contributed by atoms with Gasteiger partial charge in [0.15, 0.2) is 11.5 Å². The van der Waals surface area contributed by atoms with Crippen LogP contribution in [0.3, 0.4) is 0 Å². The minimum absolute atomic E-state index is 0.119. The molecule has 1 atom stereocenters. The van der Waals surface area contributed by atoms with Gasteiger partial charge in [0.1, 0.15) is 5.75 Å². The predicted molar refractivity (Wildman–Crippen MR) is 112 cm³/mol. The van der Waals surface area contributed by atoms with Crippen LogP contribution in [0.2, 0.25) is 0 Å². The third kappa shape index (κ3) is 4.77. The predicted octanol–water partition coefficient (Wildman–Crippen LogP) is 4.96. The van der Waals surface area contributed by atoms with Crippen molar-refractivity contribution in [2.24, 2.45) is 5.92 Å². The summed E-state index contributed by atoms with van der Waals surface area (Å²) in [4.78, 5) is 13.1. The molecule has 152 valence electrons. The van der Waals surface area contributed by atoms with E-state index in [2.05, 4.69) is 57.3 Å². The van der Waals surface area contributed by atoms with Gasteiger partial charge in [0, 0.05) is 12.1 Å². The zero-order valence-electron chi connectivity index (χ0n) is 17.8. The van der Waals surface area contributed by atoms with E-state index in [-0.39, 0.29) is 17.9 Å². The van der Waals surface area contributed by atoms with E-state index in [0.29, 0.717) is 28.7 Å². The van der Waals surface area contributed by atoms with Crippen molar-refractivity contribution in [2.75, 3.05) is 21.3 Å². The summed E-state index contributed by atoms with van der Waals surface area (Å²) in [6.07, 6.45) is 0. The Morgan fingerprint density at radius 1 is 0.786 bits per heavy atom. The zero-order chi connectivity index (χ0) is 20.8. The van der Waals surface area contributed by atoms with E-state index < -0.39 is 0 Å². The zero-order valence-corrected chi connectivity index (χ0v) is 17.8. The summed E-state index contributed by atoms with van der Waals surface area (Å²) < 4.78 is 16.0. The third-order valence-electron chi connectivity index (χ3n) is 4.87. The fourth-order valence-electron chi connectivity index (χ4n) is 3.15. The van der Waals surface area contributed by atoms with Crippen LogP contribution in [-0.4, -0.2) is 27.2 Å². The van der Waals surface area contributed by atoms with Crippen LogP contribution < -0.4 is 19.5 Å². The van der Waals surface area contributed by atoms with Crippen LogP contribution in [0.4, 0.5) is 0 Å². The molecule has 1 N–H and O–H groups in total. The van der Waals surface area contributed by atoms with Crippen molar-refractivity contribution in [1.82, 2.24) is 5.32 Å². The molecular formula is C23H31NO4. The van der Waals surface area contributed by atoms with Gasteiger partial charge < -0.3 is 19.5 Å². The van der Waals surface area contributed by atoms with E-state index in [0.717, 1.165) is 5.56 Å². The second kappa shape index (κ2) is 9.49. The van der Waals surface area contributed by atoms with Crippen molar-refractivity contribution in [1.29, 1.82) is 0 Å². The van der Waals surface area contributed by atoms with Gasteiger partial charge in [-0.05, 0) is 23.0 Å². The number of nitrogens with one attached hydrogen (secondary N) is 1. The molecule has 0 bridgehead atoms. The topological polar surface area (TPSA) is 56.8 Å². The molecule has 5 nitrogen and oxygen atoms in total. The Morgan fingerprint density at radius 2 is 1.29 bits per heavy atom. The van der Waals surface area contributed by atoms with Gasteiger partial charge in [-0.3, -0.25) is 4.79 Å². The number of carbonyl (C=O) groups excluding carboxylic acids is 1. The molecule has 0 saturated heterocycles. The quantitative estimate of drug-likeness (QED) is 0.697. The van der Waals surface area contributed by atoms with E-state index >= 15 is 0 Å². The van der Waals surface area contributed by atoms with Gasteiger partial charge in [-0.2, -0.15) is 0 Å². The average molecular weight is 386 g/mol. The summed E-state index contributed by atoms with van der Waals surface area (Å²) in [6, 6.07) is 11.6. The SMILES string of the molecule is COc1cc(OC)c(C(=O)NC(c2ccc(C(C)C)cc2)C(C)C)cc1OC. The van der Waals surface area contributed by atoms with Crippen LogP contribution in [0, 0.1) is 5.92 Å². The Balaban J connectivity index is 2.34. The fourth-order valence-corrected chi connectivity index (χ4v) is 3.15. The molecule has 0 heterocycles. The van der Waals surface area contributed by atoms with Gasteiger partial charge in [-0.25, -0.2) is 0 Å². The third-order valence-corrected chi connectivity index (χ3v) is 4.87. The molecule has 28 heavy (non-hydrogen) atoms. The van der Waals surface area contributed by atoms with E-state index in [1.165, 1.54) is 12.7 Å². The van der Waals surface area contributed by atoms with Crippen LogP contribution in [0.15, 0.2) is 36.4 Å². The lowest BCUT2D eigenvalue weighted by atomic mass is 9.93. The summed E-state index contributed by atoms with van der Waals surface area (Å²) >= 11 is 0. The van der Waals surface area contributed by atoms with Crippen molar-refractivity contribution in [2.45, 2.75) is 39.7 Å². The van der Waals surface area contributed by atoms with E-state index in [9.17, 15) is 4.79 Å². The standard InChI is InChI=1S/C23H31NO4/c1-14(2)16-8-10-17(11-9-16)22(15(3)4)24-23(25)18-12-20(27-6)21(28-7)13-19(18)26-5/h8-15,22H,1-7H3,(H,24,25). The molecule has 0 aromatic heterocycles. The molecule has 0 radical (unpaired) electrons. The van der Waals surface area contributed by atoms with Gasteiger partial charge in [0.2, 0.25) is 0 Å². The van der Waals surface area contributed by atoms with Crippen LogP contribution >= 0.6 is 0 Å². The van der Waals surface area contributed by atoms with Crippen molar-refractivity contribution < 1.29 is 19.0 Å². The van der Waals surface area contributed by atoms with Crippen LogP contribution in [0.1, 0.15) is 61.1 Å². The van der Waals surface area contributed by atoms with Gasteiger partial charge in [-0.15, -0.1) is 0 Å². The van der Waals surface area contributed by atoms with Gasteiger partial charge in [0.05, 0.1) is 32.9 Å². The minimum atomic E-state index is -0.218. The number of rotatable bonds is 8. The number of methoxy groups -OCH3 is 3. The van der Waals surface area contributed by atoms with Gasteiger partial charge in [-0.1, -0.05) is 52.0 Å². The smallest absolute Gasteiger partial charge is 0.255 e. The first kappa shape index (κ1) is 21.6. The summed E-state index contributed by atoms with van der Waals surface area (Å²) in [7, 11) is 4.62. The molecule has 2 rings (SSSR count). The molecule has 0 saturated carbocycles. The highest BCUT2D eigenvalue weighted by Gasteiger charge is 2.23. The first-order valence-electron chi connectivity index (χ1n) is 9.53. The van der Waals surface area contributed by atoms with Crippen LogP contribution in [0.25, 0.3) is 0 Å². The lowest BCUT2D eigenvalue weighted by Crippen LogP contribution is -2.32. The fraction of sp³-hybridized carbons (Fsp3) is 0.435. The summed E-state index contributed by atoms with van der Waals surface area (Å²) in [5, 5.41) is 3.15. The second-order valence-corrected chi connectivity index (χ2v) is 7.42. The summed E-state index contributed by atoms with van der Waals surface area (Å²) in [6.45, 7) is 8.51. The summed E-state index contributed by atoms with van der Waals surface area (Å²) in [5.74, 6) is 1.91. The second-order valence-electron chi connectivity index (χ2n) is 7.42. The van der Waals surface area contributed by atoms with Crippen molar-refractivity contribution >= 4 is 5.91 Å².